The van der Waals surface area contributed by atoms with E-state index in [0.29, 0.717) is 6.07 Å². The zero-order valence-corrected chi connectivity index (χ0v) is 16.0. The molecule has 0 aromatic heterocycles. The van der Waals surface area contributed by atoms with E-state index in [2.05, 4.69) is 5.32 Å². The zero-order chi connectivity index (χ0) is 20.5. The first-order valence-electron chi connectivity index (χ1n) is 8.40. The van der Waals surface area contributed by atoms with Crippen molar-refractivity contribution < 1.29 is 26.4 Å². The fourth-order valence-corrected chi connectivity index (χ4v) is 4.64. The molecule has 0 aliphatic carbocycles. The maximum Gasteiger partial charge on any atom is 0.243 e. The van der Waals surface area contributed by atoms with Crippen LogP contribution in [0.1, 0.15) is 12.8 Å². The van der Waals surface area contributed by atoms with Crippen LogP contribution in [0.2, 0.25) is 5.02 Å². The molecule has 0 saturated carbocycles. The number of nitrogens with zero attached hydrogens (tertiary/aromatic N) is 1. The van der Waals surface area contributed by atoms with Gasteiger partial charge in [-0.15, -0.1) is 0 Å². The summed E-state index contributed by atoms with van der Waals surface area (Å²) in [5.74, 6) is -4.09. The van der Waals surface area contributed by atoms with Crippen molar-refractivity contribution in [3.05, 3.63) is 58.9 Å². The summed E-state index contributed by atoms with van der Waals surface area (Å²) >= 11 is 5.68. The molecule has 1 aliphatic heterocycles. The van der Waals surface area contributed by atoms with Gasteiger partial charge in [-0.05, 0) is 43.2 Å². The largest absolute Gasteiger partial charge is 0.323 e. The van der Waals surface area contributed by atoms with E-state index in [1.807, 2.05) is 0 Å². The number of piperidine rings is 1. The zero-order valence-electron chi connectivity index (χ0n) is 14.5. The van der Waals surface area contributed by atoms with Gasteiger partial charge in [0, 0.05) is 19.0 Å². The van der Waals surface area contributed by atoms with Crippen molar-refractivity contribution in [3.63, 3.8) is 0 Å². The normalized spacial score (nSPS) is 16.1. The lowest BCUT2D eigenvalue weighted by molar-refractivity contribution is -0.120. The lowest BCUT2D eigenvalue weighted by atomic mass is 9.97. The van der Waals surface area contributed by atoms with Crippen LogP contribution in [-0.4, -0.2) is 31.7 Å². The molecule has 0 atom stereocenters. The van der Waals surface area contributed by atoms with Gasteiger partial charge in [-0.25, -0.2) is 21.6 Å². The number of rotatable bonds is 4. The highest BCUT2D eigenvalue weighted by Gasteiger charge is 2.32. The summed E-state index contributed by atoms with van der Waals surface area (Å²) < 4.78 is 66.6. The Morgan fingerprint density at radius 3 is 2.39 bits per heavy atom. The number of benzene rings is 2. The molecule has 28 heavy (non-hydrogen) atoms. The Morgan fingerprint density at radius 2 is 1.75 bits per heavy atom. The maximum atomic E-state index is 13.9. The monoisotopic (exact) mass is 432 g/mol. The minimum atomic E-state index is -4.00. The van der Waals surface area contributed by atoms with Crippen LogP contribution in [0.5, 0.6) is 0 Å². The lowest BCUT2D eigenvalue weighted by Crippen LogP contribution is -2.41. The van der Waals surface area contributed by atoms with Crippen LogP contribution in [0.15, 0.2) is 41.3 Å². The van der Waals surface area contributed by atoms with Gasteiger partial charge < -0.3 is 5.32 Å². The van der Waals surface area contributed by atoms with Crippen molar-refractivity contribution in [2.45, 2.75) is 17.7 Å². The number of hydrogen-bond donors (Lipinski definition) is 1. The smallest absolute Gasteiger partial charge is 0.243 e. The van der Waals surface area contributed by atoms with Crippen LogP contribution in [0.4, 0.5) is 18.9 Å². The first-order chi connectivity index (χ1) is 13.2. The van der Waals surface area contributed by atoms with Gasteiger partial charge in [-0.1, -0.05) is 17.7 Å². The molecule has 1 amide bonds. The summed E-state index contributed by atoms with van der Waals surface area (Å²) in [6, 6.07) is 6.61. The minimum Gasteiger partial charge on any atom is -0.323 e. The van der Waals surface area contributed by atoms with Gasteiger partial charge in [0.15, 0.2) is 17.5 Å². The molecule has 1 N–H and O–H groups in total. The number of hydrogen-bond acceptors (Lipinski definition) is 3. The molecule has 1 saturated heterocycles. The van der Waals surface area contributed by atoms with Crippen molar-refractivity contribution in [1.82, 2.24) is 4.31 Å². The number of carbonyl (C=O) groups excluding carboxylic acids is 1. The van der Waals surface area contributed by atoms with Crippen LogP contribution in [0.25, 0.3) is 0 Å². The second kappa shape index (κ2) is 8.10. The predicted octanol–water partition coefficient (Wildman–Crippen LogP) is 3.80. The Morgan fingerprint density at radius 1 is 1.07 bits per heavy atom. The fraction of sp³-hybridized carbons (Fsp3) is 0.278. The van der Waals surface area contributed by atoms with Crippen LogP contribution < -0.4 is 5.32 Å². The van der Waals surface area contributed by atoms with Crippen LogP contribution in [0.3, 0.4) is 0 Å². The molecule has 2 aromatic rings. The van der Waals surface area contributed by atoms with Gasteiger partial charge in [0.25, 0.3) is 0 Å². The Hall–Kier alpha value is -2.10. The summed E-state index contributed by atoms with van der Waals surface area (Å²) in [5, 5.41) is 2.34. The highest BCUT2D eigenvalue weighted by atomic mass is 35.5. The lowest BCUT2D eigenvalue weighted by Gasteiger charge is -2.30. The Bertz CT molecular complexity index is 1010. The molecular formula is C18H16ClF3N2O3S. The quantitative estimate of drug-likeness (QED) is 0.799. The van der Waals surface area contributed by atoms with E-state index in [1.54, 1.807) is 0 Å². The number of anilines is 1. The van der Waals surface area contributed by atoms with E-state index in [4.69, 9.17) is 11.6 Å². The molecule has 0 unspecified atom stereocenters. The van der Waals surface area contributed by atoms with Crippen molar-refractivity contribution >= 4 is 33.2 Å². The van der Waals surface area contributed by atoms with E-state index in [1.165, 1.54) is 18.2 Å². The molecule has 2 aromatic carbocycles. The molecule has 1 fully saturated rings. The average molecular weight is 433 g/mol. The van der Waals surface area contributed by atoms with Gasteiger partial charge in [0.2, 0.25) is 15.9 Å². The standard InChI is InChI=1S/C18H16ClF3N2O3S/c19-13-2-1-3-16(17(13)22)23-18(25)11-6-8-24(9-7-11)28(26,27)12-4-5-14(20)15(21)10-12/h1-5,10-11H,6-9H2,(H,23,25). The second-order valence-corrected chi connectivity index (χ2v) is 8.69. The van der Waals surface area contributed by atoms with Gasteiger partial charge in [-0.2, -0.15) is 4.31 Å². The summed E-state index contributed by atoms with van der Waals surface area (Å²) in [5.41, 5.74) is -0.0469. The van der Waals surface area contributed by atoms with Gasteiger partial charge in [0.05, 0.1) is 15.6 Å². The van der Waals surface area contributed by atoms with Crippen molar-refractivity contribution in [1.29, 1.82) is 0 Å². The summed E-state index contributed by atoms with van der Waals surface area (Å²) in [7, 11) is -4.00. The third kappa shape index (κ3) is 4.16. The molecule has 1 heterocycles. The Labute approximate surface area is 165 Å². The van der Waals surface area contributed by atoms with E-state index in [-0.39, 0.29) is 41.5 Å². The first kappa shape index (κ1) is 20.6. The SMILES string of the molecule is O=C(Nc1cccc(Cl)c1F)C1CCN(S(=O)(=O)c2ccc(F)c(F)c2)CC1. The van der Waals surface area contributed by atoms with E-state index < -0.39 is 39.3 Å². The second-order valence-electron chi connectivity index (χ2n) is 6.34. The Balaban J connectivity index is 1.65. The van der Waals surface area contributed by atoms with E-state index >= 15 is 0 Å². The highest BCUT2D eigenvalue weighted by Crippen LogP contribution is 2.27. The van der Waals surface area contributed by atoms with E-state index in [0.717, 1.165) is 16.4 Å². The average Bonchev–Trinajstić information content (AvgIpc) is 2.67. The Kier molecular flexibility index (Phi) is 5.97. The number of nitrogens with one attached hydrogen (secondary N) is 1. The minimum absolute atomic E-state index is 0.0252. The summed E-state index contributed by atoms with van der Waals surface area (Å²) in [6.07, 6.45) is 0.411. The van der Waals surface area contributed by atoms with Crippen LogP contribution in [0, 0.1) is 23.4 Å². The molecule has 0 radical (unpaired) electrons. The summed E-state index contributed by atoms with van der Waals surface area (Å²) in [4.78, 5) is 12.0. The molecule has 10 heteroatoms. The van der Waals surface area contributed by atoms with Crippen molar-refractivity contribution in [2.75, 3.05) is 18.4 Å². The molecule has 1 aliphatic rings. The number of halogens is 4. The third-order valence-corrected chi connectivity index (χ3v) is 6.75. The molecule has 150 valence electrons. The molecule has 3 rings (SSSR count). The van der Waals surface area contributed by atoms with Gasteiger partial charge in [0.1, 0.15) is 0 Å². The van der Waals surface area contributed by atoms with Gasteiger partial charge >= 0.3 is 0 Å². The number of sulfonamides is 1. The van der Waals surface area contributed by atoms with Crippen molar-refractivity contribution in [2.24, 2.45) is 5.92 Å². The molecule has 0 spiro atoms. The molecule has 5 nitrogen and oxygen atoms in total. The van der Waals surface area contributed by atoms with Crippen molar-refractivity contribution in [3.8, 4) is 0 Å². The molecule has 0 bridgehead atoms. The topological polar surface area (TPSA) is 66.5 Å². The maximum absolute atomic E-state index is 13.9. The third-order valence-electron chi connectivity index (χ3n) is 4.56. The van der Waals surface area contributed by atoms with Gasteiger partial charge in [-0.3, -0.25) is 4.79 Å². The molecular weight excluding hydrogens is 417 g/mol. The first-order valence-corrected chi connectivity index (χ1v) is 10.2. The fourth-order valence-electron chi connectivity index (χ4n) is 2.98. The van der Waals surface area contributed by atoms with E-state index in [9.17, 15) is 26.4 Å². The number of carbonyl (C=O) groups is 1. The predicted molar refractivity (Wildman–Crippen MR) is 97.9 cm³/mol. The van der Waals surface area contributed by atoms with Crippen LogP contribution >= 0.6 is 11.6 Å². The number of amides is 1. The highest BCUT2D eigenvalue weighted by molar-refractivity contribution is 7.89. The van der Waals surface area contributed by atoms with Crippen LogP contribution in [-0.2, 0) is 14.8 Å². The summed E-state index contributed by atoms with van der Waals surface area (Å²) in [6.45, 7) is 0.0505.